The first-order valence-corrected chi connectivity index (χ1v) is 6.03. The molecule has 0 saturated carbocycles. The normalized spacial score (nSPS) is 11.6. The zero-order valence-electron chi connectivity index (χ0n) is 10.1. The van der Waals surface area contributed by atoms with Gasteiger partial charge in [0.25, 0.3) is 0 Å². The van der Waals surface area contributed by atoms with Crippen molar-refractivity contribution in [3.63, 3.8) is 0 Å². The topological polar surface area (TPSA) is 15.8 Å². The third-order valence-corrected chi connectivity index (χ3v) is 2.81. The van der Waals surface area contributed by atoms with Crippen LogP contribution in [0, 0.1) is 6.92 Å². The van der Waals surface area contributed by atoms with Gasteiger partial charge in [-0.1, -0.05) is 30.7 Å². The van der Waals surface area contributed by atoms with Crippen LogP contribution in [-0.2, 0) is 6.42 Å². The van der Waals surface area contributed by atoms with Crippen molar-refractivity contribution in [1.29, 1.82) is 0 Å². The van der Waals surface area contributed by atoms with Gasteiger partial charge in [0.1, 0.15) is 0 Å². The van der Waals surface area contributed by atoms with E-state index < -0.39 is 0 Å². The Hall–Kier alpha value is -1.50. The number of aromatic amines is 1. The number of hydrogen-bond acceptors (Lipinski definition) is 0. The van der Waals surface area contributed by atoms with Crippen molar-refractivity contribution in [3.8, 4) is 0 Å². The molecular formula is C15H19N. The van der Waals surface area contributed by atoms with Crippen molar-refractivity contribution in [2.24, 2.45) is 0 Å². The first kappa shape index (κ1) is 11.0. The summed E-state index contributed by atoms with van der Waals surface area (Å²) in [6.07, 6.45) is 7.85. The molecule has 0 bridgehead atoms. The van der Waals surface area contributed by atoms with Gasteiger partial charge in [0.2, 0.25) is 0 Å². The van der Waals surface area contributed by atoms with Crippen LogP contribution in [-0.4, -0.2) is 4.98 Å². The Balaban J connectivity index is 2.11. The second kappa shape index (κ2) is 5.02. The van der Waals surface area contributed by atoms with E-state index in [1.54, 1.807) is 0 Å². The quantitative estimate of drug-likeness (QED) is 0.726. The van der Waals surface area contributed by atoms with Crippen LogP contribution in [0.15, 0.2) is 36.4 Å². The summed E-state index contributed by atoms with van der Waals surface area (Å²) in [5.74, 6) is 0. The van der Waals surface area contributed by atoms with E-state index in [0.29, 0.717) is 0 Å². The number of hydrogen-bond donors (Lipinski definition) is 1. The fourth-order valence-corrected chi connectivity index (χ4v) is 1.97. The molecule has 0 aliphatic carbocycles. The molecule has 84 valence electrons. The standard InChI is InChI=1S/C15H19N/c1-3-4-5-6-7-14-11-13-10-12(2)8-9-15(13)16-14/h4-5,8-11,16H,3,6-7H2,1-2H3/b5-4-. The average Bonchev–Trinajstić information content (AvgIpc) is 2.66. The Kier molecular flexibility index (Phi) is 3.45. The van der Waals surface area contributed by atoms with Gasteiger partial charge < -0.3 is 4.98 Å². The maximum Gasteiger partial charge on any atom is 0.0456 e. The Labute approximate surface area is 97.2 Å². The minimum Gasteiger partial charge on any atom is -0.358 e. The van der Waals surface area contributed by atoms with Gasteiger partial charge in [0, 0.05) is 11.2 Å². The first-order chi connectivity index (χ1) is 7.79. The van der Waals surface area contributed by atoms with Crippen molar-refractivity contribution in [1.82, 2.24) is 4.98 Å². The lowest BCUT2D eigenvalue weighted by atomic mass is 10.1. The number of aromatic nitrogens is 1. The number of rotatable bonds is 4. The molecule has 0 radical (unpaired) electrons. The molecule has 1 N–H and O–H groups in total. The number of fused-ring (bicyclic) bond motifs is 1. The molecular weight excluding hydrogens is 194 g/mol. The minimum atomic E-state index is 1.10. The van der Waals surface area contributed by atoms with Crippen LogP contribution in [0.4, 0.5) is 0 Å². The number of nitrogens with one attached hydrogen (secondary N) is 1. The predicted molar refractivity (Wildman–Crippen MR) is 70.8 cm³/mol. The van der Waals surface area contributed by atoms with E-state index in [1.807, 2.05) is 0 Å². The lowest BCUT2D eigenvalue weighted by molar-refractivity contribution is 0.958. The highest BCUT2D eigenvalue weighted by atomic mass is 14.7. The van der Waals surface area contributed by atoms with E-state index in [2.05, 4.69) is 55.2 Å². The van der Waals surface area contributed by atoms with Gasteiger partial charge in [-0.15, -0.1) is 0 Å². The molecule has 2 aromatic rings. The van der Waals surface area contributed by atoms with E-state index in [0.717, 1.165) is 19.3 Å². The summed E-state index contributed by atoms with van der Waals surface area (Å²) in [5.41, 5.74) is 3.91. The van der Waals surface area contributed by atoms with Crippen molar-refractivity contribution < 1.29 is 0 Å². The fourth-order valence-electron chi connectivity index (χ4n) is 1.97. The van der Waals surface area contributed by atoms with Crippen molar-refractivity contribution >= 4 is 10.9 Å². The van der Waals surface area contributed by atoms with Crippen LogP contribution in [0.3, 0.4) is 0 Å². The van der Waals surface area contributed by atoms with Crippen LogP contribution < -0.4 is 0 Å². The highest BCUT2D eigenvalue weighted by Crippen LogP contribution is 2.17. The van der Waals surface area contributed by atoms with Crippen LogP contribution in [0.25, 0.3) is 10.9 Å². The zero-order chi connectivity index (χ0) is 11.4. The molecule has 0 spiro atoms. The number of aryl methyl sites for hydroxylation is 2. The van der Waals surface area contributed by atoms with Crippen LogP contribution >= 0.6 is 0 Å². The lowest BCUT2D eigenvalue weighted by Gasteiger charge is -1.92. The molecule has 0 unspecified atom stereocenters. The molecule has 1 heterocycles. The molecule has 0 saturated heterocycles. The van der Waals surface area contributed by atoms with Gasteiger partial charge >= 0.3 is 0 Å². The summed E-state index contributed by atoms with van der Waals surface area (Å²) in [6, 6.07) is 8.81. The molecule has 2 rings (SSSR count). The zero-order valence-corrected chi connectivity index (χ0v) is 10.1. The Morgan fingerprint density at radius 2 is 2.06 bits per heavy atom. The Morgan fingerprint density at radius 1 is 1.19 bits per heavy atom. The molecule has 1 aromatic carbocycles. The summed E-state index contributed by atoms with van der Waals surface area (Å²) >= 11 is 0. The summed E-state index contributed by atoms with van der Waals surface area (Å²) in [6.45, 7) is 4.30. The van der Waals surface area contributed by atoms with Crippen molar-refractivity contribution in [2.75, 3.05) is 0 Å². The van der Waals surface area contributed by atoms with E-state index in [-0.39, 0.29) is 0 Å². The monoisotopic (exact) mass is 213 g/mol. The van der Waals surface area contributed by atoms with Gasteiger partial charge in [-0.2, -0.15) is 0 Å². The van der Waals surface area contributed by atoms with Crippen molar-refractivity contribution in [3.05, 3.63) is 47.7 Å². The fraction of sp³-hybridized carbons (Fsp3) is 0.333. The SMILES string of the molecule is CC/C=C\CCc1cc2cc(C)ccc2[nH]1. The molecule has 0 aliphatic rings. The maximum atomic E-state index is 3.47. The predicted octanol–water partition coefficient (Wildman–Crippen LogP) is 4.38. The lowest BCUT2D eigenvalue weighted by Crippen LogP contribution is -1.81. The summed E-state index contributed by atoms with van der Waals surface area (Å²) in [7, 11) is 0. The molecule has 1 heteroatoms. The van der Waals surface area contributed by atoms with Crippen LogP contribution in [0.2, 0.25) is 0 Å². The Morgan fingerprint density at radius 3 is 2.88 bits per heavy atom. The largest absolute Gasteiger partial charge is 0.358 e. The first-order valence-electron chi connectivity index (χ1n) is 6.03. The van der Waals surface area contributed by atoms with Crippen LogP contribution in [0.5, 0.6) is 0 Å². The molecule has 0 aliphatic heterocycles. The van der Waals surface area contributed by atoms with Gasteiger partial charge in [-0.25, -0.2) is 0 Å². The highest BCUT2D eigenvalue weighted by molar-refractivity contribution is 5.81. The van der Waals surface area contributed by atoms with E-state index in [9.17, 15) is 0 Å². The summed E-state index contributed by atoms with van der Waals surface area (Å²) in [5, 5.41) is 1.33. The minimum absolute atomic E-state index is 1.10. The van der Waals surface area contributed by atoms with Gasteiger partial charge in [0.05, 0.1) is 0 Å². The van der Waals surface area contributed by atoms with Gasteiger partial charge in [0.15, 0.2) is 0 Å². The van der Waals surface area contributed by atoms with Gasteiger partial charge in [-0.3, -0.25) is 0 Å². The Bertz CT molecular complexity index is 491. The van der Waals surface area contributed by atoms with E-state index in [1.165, 1.54) is 22.2 Å². The number of H-pyrrole nitrogens is 1. The van der Waals surface area contributed by atoms with Crippen molar-refractivity contribution in [2.45, 2.75) is 33.1 Å². The molecule has 0 fully saturated rings. The summed E-state index contributed by atoms with van der Waals surface area (Å²) in [4.78, 5) is 3.47. The van der Waals surface area contributed by atoms with E-state index in [4.69, 9.17) is 0 Å². The second-order valence-electron chi connectivity index (χ2n) is 4.30. The average molecular weight is 213 g/mol. The molecule has 16 heavy (non-hydrogen) atoms. The third-order valence-electron chi connectivity index (χ3n) is 2.81. The van der Waals surface area contributed by atoms with E-state index >= 15 is 0 Å². The maximum absolute atomic E-state index is 3.47. The number of allylic oxidation sites excluding steroid dienone is 2. The van der Waals surface area contributed by atoms with Gasteiger partial charge in [-0.05, 0) is 49.8 Å². The highest BCUT2D eigenvalue weighted by Gasteiger charge is 1.99. The molecule has 1 nitrogen and oxygen atoms in total. The molecule has 1 aromatic heterocycles. The number of benzene rings is 1. The molecule has 0 atom stereocenters. The second-order valence-corrected chi connectivity index (χ2v) is 4.30. The van der Waals surface area contributed by atoms with Crippen LogP contribution in [0.1, 0.15) is 31.0 Å². The smallest absolute Gasteiger partial charge is 0.0456 e. The molecule has 0 amide bonds. The summed E-state index contributed by atoms with van der Waals surface area (Å²) < 4.78 is 0. The third kappa shape index (κ3) is 2.54.